The Bertz CT molecular complexity index is 536. The molecule has 1 fully saturated rings. The van der Waals surface area contributed by atoms with Crippen LogP contribution in [0.1, 0.15) is 52.0 Å². The summed E-state index contributed by atoms with van der Waals surface area (Å²) in [4.78, 5) is 14.5. The number of rotatable bonds is 7. The highest BCUT2D eigenvalue weighted by atomic mass is 19.1. The number of amides is 1. The van der Waals surface area contributed by atoms with Gasteiger partial charge in [-0.25, -0.2) is 4.39 Å². The maximum atomic E-state index is 13.5. The molecule has 0 radical (unpaired) electrons. The van der Waals surface area contributed by atoms with Crippen molar-refractivity contribution in [3.63, 3.8) is 0 Å². The lowest BCUT2D eigenvalue weighted by Gasteiger charge is -2.36. The second-order valence-electron chi connectivity index (χ2n) is 7.41. The van der Waals surface area contributed by atoms with Crippen molar-refractivity contribution in [2.75, 3.05) is 19.7 Å². The van der Waals surface area contributed by atoms with Gasteiger partial charge in [0.05, 0.1) is 6.61 Å². The summed E-state index contributed by atoms with van der Waals surface area (Å²) in [5.41, 5.74) is 0.357. The van der Waals surface area contributed by atoms with Gasteiger partial charge in [-0.05, 0) is 37.7 Å². The summed E-state index contributed by atoms with van der Waals surface area (Å²) in [5, 5.41) is 0. The number of hydrogen-bond donors (Lipinski definition) is 0. The largest absolute Gasteiger partial charge is 0.377 e. The number of piperidine rings is 1. The number of halogens is 1. The molecule has 1 aliphatic heterocycles. The summed E-state index contributed by atoms with van der Waals surface area (Å²) in [6, 6.07) is 6.73. The van der Waals surface area contributed by atoms with Crippen molar-refractivity contribution in [1.29, 1.82) is 0 Å². The molecular weight excluding hydrogens is 305 g/mol. The Labute approximate surface area is 145 Å². The molecule has 0 spiro atoms. The van der Waals surface area contributed by atoms with Crippen molar-refractivity contribution >= 4 is 5.91 Å². The maximum Gasteiger partial charge on any atom is 0.228 e. The minimum absolute atomic E-state index is 0.206. The Morgan fingerprint density at radius 3 is 2.58 bits per heavy atom. The molecule has 0 bridgehead atoms. The molecule has 24 heavy (non-hydrogen) atoms. The number of benzene rings is 1. The molecule has 1 aliphatic rings. The highest BCUT2D eigenvalue weighted by Crippen LogP contribution is 2.27. The Morgan fingerprint density at radius 1 is 1.29 bits per heavy atom. The van der Waals surface area contributed by atoms with Crippen LogP contribution in [0.3, 0.4) is 0 Å². The fourth-order valence-corrected chi connectivity index (χ4v) is 3.05. The lowest BCUT2D eigenvalue weighted by Crippen LogP contribution is -2.45. The molecule has 1 amide bonds. The highest BCUT2D eigenvalue weighted by molar-refractivity contribution is 5.81. The SMILES string of the molecule is CCC(C)(C)C(=O)N1CCC(CCOCc2ccccc2F)CC1. The second kappa shape index (κ2) is 8.61. The fourth-order valence-electron chi connectivity index (χ4n) is 3.05. The minimum atomic E-state index is -0.254. The van der Waals surface area contributed by atoms with Crippen LogP contribution in [0.4, 0.5) is 4.39 Å². The van der Waals surface area contributed by atoms with Gasteiger partial charge in [0.1, 0.15) is 5.82 Å². The number of ether oxygens (including phenoxy) is 1. The van der Waals surface area contributed by atoms with Crippen molar-refractivity contribution in [3.8, 4) is 0 Å². The Morgan fingerprint density at radius 2 is 1.96 bits per heavy atom. The van der Waals surface area contributed by atoms with E-state index in [1.54, 1.807) is 12.1 Å². The van der Waals surface area contributed by atoms with Crippen molar-refractivity contribution in [1.82, 2.24) is 4.90 Å². The summed E-state index contributed by atoms with van der Waals surface area (Å²) in [6.07, 6.45) is 3.92. The zero-order valence-electron chi connectivity index (χ0n) is 15.2. The third-order valence-corrected chi connectivity index (χ3v) is 5.25. The molecule has 0 aliphatic carbocycles. The van der Waals surface area contributed by atoms with Crippen LogP contribution >= 0.6 is 0 Å². The van der Waals surface area contributed by atoms with Crippen LogP contribution in [0, 0.1) is 17.2 Å². The van der Waals surface area contributed by atoms with Gasteiger partial charge in [0.15, 0.2) is 0 Å². The predicted octanol–water partition coefficient (Wildman–Crippen LogP) is 4.41. The monoisotopic (exact) mass is 335 g/mol. The Hall–Kier alpha value is -1.42. The minimum Gasteiger partial charge on any atom is -0.377 e. The first-order valence-corrected chi connectivity index (χ1v) is 9.04. The van der Waals surface area contributed by atoms with Gasteiger partial charge in [0, 0.05) is 30.7 Å². The van der Waals surface area contributed by atoms with Gasteiger partial charge in [-0.1, -0.05) is 39.0 Å². The van der Waals surface area contributed by atoms with E-state index < -0.39 is 0 Å². The first kappa shape index (κ1) is 18.9. The molecule has 4 heteroatoms. The Balaban J connectivity index is 1.67. The van der Waals surface area contributed by atoms with Crippen molar-refractivity contribution < 1.29 is 13.9 Å². The molecule has 3 nitrogen and oxygen atoms in total. The van der Waals surface area contributed by atoms with Crippen LogP contribution in [-0.2, 0) is 16.1 Å². The molecular formula is C20H30FNO2. The average molecular weight is 335 g/mol. The van der Waals surface area contributed by atoms with Crippen LogP contribution < -0.4 is 0 Å². The Kier molecular flexibility index (Phi) is 6.79. The number of likely N-dealkylation sites (tertiary alicyclic amines) is 1. The number of carbonyl (C=O) groups is 1. The van der Waals surface area contributed by atoms with Crippen LogP contribution in [0.25, 0.3) is 0 Å². The summed E-state index contributed by atoms with van der Waals surface area (Å²) in [7, 11) is 0. The molecule has 1 heterocycles. The van der Waals surface area contributed by atoms with Gasteiger partial charge in [-0.3, -0.25) is 4.79 Å². The van der Waals surface area contributed by atoms with Gasteiger partial charge in [-0.15, -0.1) is 0 Å². The second-order valence-corrected chi connectivity index (χ2v) is 7.41. The van der Waals surface area contributed by atoms with E-state index in [4.69, 9.17) is 4.74 Å². The molecule has 0 N–H and O–H groups in total. The van der Waals surface area contributed by atoms with Gasteiger partial charge < -0.3 is 9.64 Å². The van der Waals surface area contributed by atoms with Crippen molar-refractivity contribution in [3.05, 3.63) is 35.6 Å². The van der Waals surface area contributed by atoms with Gasteiger partial charge in [0.25, 0.3) is 0 Å². The zero-order valence-corrected chi connectivity index (χ0v) is 15.2. The van der Waals surface area contributed by atoms with Gasteiger partial charge >= 0.3 is 0 Å². The highest BCUT2D eigenvalue weighted by Gasteiger charge is 2.32. The van der Waals surface area contributed by atoms with E-state index in [2.05, 4.69) is 6.92 Å². The van der Waals surface area contributed by atoms with E-state index in [-0.39, 0.29) is 17.1 Å². The van der Waals surface area contributed by atoms with E-state index >= 15 is 0 Å². The molecule has 0 aromatic heterocycles. The normalized spacial score (nSPS) is 16.4. The summed E-state index contributed by atoms with van der Waals surface area (Å²) in [6.45, 7) is 8.79. The quantitative estimate of drug-likeness (QED) is 0.691. The first-order chi connectivity index (χ1) is 11.4. The van der Waals surface area contributed by atoms with Crippen LogP contribution in [0.5, 0.6) is 0 Å². The van der Waals surface area contributed by atoms with Crippen LogP contribution in [0.2, 0.25) is 0 Å². The fraction of sp³-hybridized carbons (Fsp3) is 0.650. The lowest BCUT2D eigenvalue weighted by atomic mass is 9.86. The first-order valence-electron chi connectivity index (χ1n) is 9.04. The molecule has 134 valence electrons. The molecule has 1 saturated heterocycles. The lowest BCUT2D eigenvalue weighted by molar-refractivity contribution is -0.142. The summed E-state index contributed by atoms with van der Waals surface area (Å²) < 4.78 is 19.1. The summed E-state index contributed by atoms with van der Waals surface area (Å²) in [5.74, 6) is 0.668. The molecule has 0 unspecified atom stereocenters. The third-order valence-electron chi connectivity index (χ3n) is 5.25. The number of carbonyl (C=O) groups excluding carboxylic acids is 1. The standard InChI is InChI=1S/C20H30FNO2/c1-4-20(2,3)19(23)22-12-9-16(10-13-22)11-14-24-15-17-7-5-6-8-18(17)21/h5-8,16H,4,9-15H2,1-3H3. The molecule has 1 aromatic carbocycles. The smallest absolute Gasteiger partial charge is 0.228 e. The van der Waals surface area contributed by atoms with E-state index in [1.807, 2.05) is 24.8 Å². The molecule has 1 aromatic rings. The van der Waals surface area contributed by atoms with E-state index in [0.717, 1.165) is 38.8 Å². The topological polar surface area (TPSA) is 29.5 Å². The van der Waals surface area contributed by atoms with Crippen molar-refractivity contribution in [2.45, 2.75) is 53.1 Å². The number of hydrogen-bond acceptors (Lipinski definition) is 2. The van der Waals surface area contributed by atoms with E-state index in [0.29, 0.717) is 24.7 Å². The van der Waals surface area contributed by atoms with Crippen LogP contribution in [0.15, 0.2) is 24.3 Å². The summed E-state index contributed by atoms with van der Waals surface area (Å²) >= 11 is 0. The number of nitrogens with zero attached hydrogens (tertiary/aromatic N) is 1. The van der Waals surface area contributed by atoms with E-state index in [9.17, 15) is 9.18 Å². The van der Waals surface area contributed by atoms with Crippen LogP contribution in [-0.4, -0.2) is 30.5 Å². The molecule has 0 atom stereocenters. The van der Waals surface area contributed by atoms with Gasteiger partial charge in [-0.2, -0.15) is 0 Å². The average Bonchev–Trinajstić information content (AvgIpc) is 2.60. The molecule has 2 rings (SSSR count). The van der Waals surface area contributed by atoms with E-state index in [1.165, 1.54) is 6.07 Å². The van der Waals surface area contributed by atoms with Crippen molar-refractivity contribution in [2.24, 2.45) is 11.3 Å². The third kappa shape index (κ3) is 5.04. The van der Waals surface area contributed by atoms with Gasteiger partial charge in [0.2, 0.25) is 5.91 Å². The molecule has 0 saturated carbocycles. The zero-order chi connectivity index (χ0) is 17.6. The maximum absolute atomic E-state index is 13.5. The predicted molar refractivity (Wildman–Crippen MR) is 94.0 cm³/mol.